The Bertz CT molecular complexity index is 425. The van der Waals surface area contributed by atoms with Gasteiger partial charge in [-0.25, -0.2) is 0 Å². The minimum Gasteiger partial charge on any atom is -0.481 e. The van der Waals surface area contributed by atoms with Crippen LogP contribution in [0.4, 0.5) is 0 Å². The van der Waals surface area contributed by atoms with Crippen LogP contribution in [0.2, 0.25) is 0 Å². The summed E-state index contributed by atoms with van der Waals surface area (Å²) in [6.45, 7) is 8.06. The van der Waals surface area contributed by atoms with Crippen LogP contribution in [0.15, 0.2) is 0 Å². The molecule has 0 heterocycles. The van der Waals surface area contributed by atoms with Crippen molar-refractivity contribution in [1.29, 1.82) is 0 Å². The summed E-state index contributed by atoms with van der Waals surface area (Å²) < 4.78 is 0. The van der Waals surface area contributed by atoms with E-state index in [-0.39, 0.29) is 6.42 Å². The third-order valence-corrected chi connectivity index (χ3v) is 3.00. The standard InChI is InChI=1S/C10H16O2.C5H9BrO2.C5H8/c1-9(2)7-5-3-4-6-8-10(11)12;6-4-2-1-3-5(7)8;1-4-5(2)3/h9H,3-4,6,8H2,1-2H3,(H,11,12);1-4H2,(H,7,8);1,5H,2-3H3. The van der Waals surface area contributed by atoms with Crippen LogP contribution >= 0.6 is 15.9 Å². The molecule has 0 fully saturated rings. The molecule has 25 heavy (non-hydrogen) atoms. The number of alkyl halides is 1. The number of terminal acetylenes is 1. The molecule has 0 atom stereocenters. The highest BCUT2D eigenvalue weighted by atomic mass is 79.9. The molecular formula is C20H33BrO4. The highest BCUT2D eigenvalue weighted by Gasteiger charge is 1.94. The van der Waals surface area contributed by atoms with Crippen LogP contribution in [0.1, 0.15) is 72.6 Å². The summed E-state index contributed by atoms with van der Waals surface area (Å²) in [5.74, 6) is 7.99. The molecule has 0 bridgehead atoms. The average molecular weight is 417 g/mol. The first-order chi connectivity index (χ1) is 11.7. The number of carbonyl (C=O) groups is 2. The molecule has 0 amide bonds. The van der Waals surface area contributed by atoms with E-state index < -0.39 is 11.9 Å². The van der Waals surface area contributed by atoms with Crippen LogP contribution in [-0.4, -0.2) is 27.5 Å². The molecule has 0 saturated heterocycles. The van der Waals surface area contributed by atoms with Crippen LogP contribution in [0, 0.1) is 36.0 Å². The molecule has 0 aromatic heterocycles. The van der Waals surface area contributed by atoms with Crippen LogP contribution in [-0.2, 0) is 9.59 Å². The molecule has 0 spiro atoms. The number of rotatable bonds is 8. The van der Waals surface area contributed by atoms with Crippen LogP contribution in [0.3, 0.4) is 0 Å². The van der Waals surface area contributed by atoms with Crippen molar-refractivity contribution in [3.63, 3.8) is 0 Å². The number of unbranched alkanes of at least 4 members (excludes halogenated alkanes) is 3. The Kier molecular flexibility index (Phi) is 25.6. The van der Waals surface area contributed by atoms with Crippen molar-refractivity contribution in [2.75, 3.05) is 5.33 Å². The summed E-state index contributed by atoms with van der Waals surface area (Å²) in [7, 11) is 0. The fraction of sp³-hybridized carbons (Fsp3) is 0.700. The molecular weight excluding hydrogens is 384 g/mol. The number of carboxylic acids is 2. The van der Waals surface area contributed by atoms with E-state index in [0.29, 0.717) is 18.3 Å². The van der Waals surface area contributed by atoms with Gasteiger partial charge in [-0.2, -0.15) is 0 Å². The zero-order valence-electron chi connectivity index (χ0n) is 16.0. The minimum absolute atomic E-state index is 0.267. The normalized spacial score (nSPS) is 8.88. The fourth-order valence-electron chi connectivity index (χ4n) is 1.14. The van der Waals surface area contributed by atoms with Crippen molar-refractivity contribution in [2.24, 2.45) is 11.8 Å². The Balaban J connectivity index is -0.000000321. The van der Waals surface area contributed by atoms with Gasteiger partial charge in [0.25, 0.3) is 0 Å². The Morgan fingerprint density at radius 1 is 0.920 bits per heavy atom. The summed E-state index contributed by atoms with van der Waals surface area (Å²) in [4.78, 5) is 20.0. The van der Waals surface area contributed by atoms with Crippen molar-refractivity contribution < 1.29 is 19.8 Å². The molecule has 0 aliphatic heterocycles. The molecule has 0 aromatic carbocycles. The highest BCUT2D eigenvalue weighted by molar-refractivity contribution is 9.09. The molecule has 0 aromatic rings. The first-order valence-electron chi connectivity index (χ1n) is 8.61. The second kappa shape index (κ2) is 22.5. The zero-order chi connectivity index (χ0) is 20.1. The van der Waals surface area contributed by atoms with Gasteiger partial charge in [0.1, 0.15) is 0 Å². The Labute approximate surface area is 161 Å². The number of halogens is 1. The molecule has 0 aliphatic carbocycles. The quantitative estimate of drug-likeness (QED) is 0.323. The Morgan fingerprint density at radius 2 is 1.36 bits per heavy atom. The van der Waals surface area contributed by atoms with E-state index in [1.807, 2.05) is 27.7 Å². The van der Waals surface area contributed by atoms with E-state index >= 15 is 0 Å². The molecule has 0 rings (SSSR count). The first kappa shape index (κ1) is 28.3. The summed E-state index contributed by atoms with van der Waals surface area (Å²) in [5.41, 5.74) is 0. The minimum atomic E-state index is -0.716. The van der Waals surface area contributed by atoms with E-state index in [0.717, 1.165) is 37.4 Å². The maximum absolute atomic E-state index is 10.1. The molecule has 0 radical (unpaired) electrons. The maximum atomic E-state index is 10.1. The van der Waals surface area contributed by atoms with E-state index in [4.69, 9.17) is 16.6 Å². The predicted molar refractivity (Wildman–Crippen MR) is 108 cm³/mol. The smallest absolute Gasteiger partial charge is 0.303 e. The van der Waals surface area contributed by atoms with Gasteiger partial charge in [0.2, 0.25) is 0 Å². The van der Waals surface area contributed by atoms with Gasteiger partial charge in [0.15, 0.2) is 0 Å². The topological polar surface area (TPSA) is 74.6 Å². The van der Waals surface area contributed by atoms with E-state index in [1.54, 1.807) is 0 Å². The second-order valence-electron chi connectivity index (χ2n) is 5.94. The molecule has 5 heteroatoms. The monoisotopic (exact) mass is 416 g/mol. The van der Waals surface area contributed by atoms with E-state index in [1.165, 1.54) is 0 Å². The van der Waals surface area contributed by atoms with Crippen LogP contribution < -0.4 is 0 Å². The maximum Gasteiger partial charge on any atom is 0.303 e. The lowest BCUT2D eigenvalue weighted by molar-refractivity contribution is -0.138. The number of aliphatic carboxylic acids is 2. The van der Waals surface area contributed by atoms with Gasteiger partial charge in [-0.3, -0.25) is 9.59 Å². The van der Waals surface area contributed by atoms with Crippen molar-refractivity contribution in [1.82, 2.24) is 0 Å². The average Bonchev–Trinajstić information content (AvgIpc) is 2.51. The number of hydrogen-bond acceptors (Lipinski definition) is 2. The zero-order valence-corrected chi connectivity index (χ0v) is 17.6. The lowest BCUT2D eigenvalue weighted by Gasteiger charge is -1.91. The lowest BCUT2D eigenvalue weighted by atomic mass is 10.1. The highest BCUT2D eigenvalue weighted by Crippen LogP contribution is 1.99. The van der Waals surface area contributed by atoms with Gasteiger partial charge in [-0.05, 0) is 25.7 Å². The van der Waals surface area contributed by atoms with Crippen molar-refractivity contribution >= 4 is 27.9 Å². The van der Waals surface area contributed by atoms with Crippen LogP contribution in [0.25, 0.3) is 0 Å². The van der Waals surface area contributed by atoms with Crippen molar-refractivity contribution in [3.8, 4) is 24.2 Å². The SMILES string of the molecule is C#CC(C)C.CC(C)C#CCCCCC(=O)O.O=C(O)CCCCBr. The van der Waals surface area contributed by atoms with Gasteiger partial charge in [0.05, 0.1) is 0 Å². The van der Waals surface area contributed by atoms with Crippen LogP contribution in [0.5, 0.6) is 0 Å². The third kappa shape index (κ3) is 45.0. The Morgan fingerprint density at radius 3 is 1.68 bits per heavy atom. The fourth-order valence-corrected chi connectivity index (χ4v) is 1.53. The Hall–Kier alpha value is -1.46. The second-order valence-corrected chi connectivity index (χ2v) is 6.73. The van der Waals surface area contributed by atoms with Crippen molar-refractivity contribution in [3.05, 3.63) is 0 Å². The molecule has 0 aliphatic rings. The molecule has 4 nitrogen and oxygen atoms in total. The largest absolute Gasteiger partial charge is 0.481 e. The van der Waals surface area contributed by atoms with Gasteiger partial charge in [-0.15, -0.1) is 24.2 Å². The van der Waals surface area contributed by atoms with Gasteiger partial charge in [0, 0.05) is 36.4 Å². The number of hydrogen-bond donors (Lipinski definition) is 2. The predicted octanol–water partition coefficient (Wildman–Crippen LogP) is 5.20. The molecule has 144 valence electrons. The van der Waals surface area contributed by atoms with Gasteiger partial charge < -0.3 is 10.2 Å². The third-order valence-electron chi connectivity index (χ3n) is 2.44. The van der Waals surface area contributed by atoms with E-state index in [2.05, 4.69) is 33.7 Å². The summed E-state index contributed by atoms with van der Waals surface area (Å²) in [6, 6.07) is 0. The molecule has 0 saturated carbocycles. The van der Waals surface area contributed by atoms with Gasteiger partial charge >= 0.3 is 11.9 Å². The summed E-state index contributed by atoms with van der Waals surface area (Å²) in [5, 5.41) is 17.4. The number of carboxylic acid groups (broad SMARTS) is 2. The molecule has 0 unspecified atom stereocenters. The van der Waals surface area contributed by atoms with E-state index in [9.17, 15) is 9.59 Å². The first-order valence-corrected chi connectivity index (χ1v) is 9.73. The molecule has 2 N–H and O–H groups in total. The van der Waals surface area contributed by atoms with Crippen molar-refractivity contribution in [2.45, 2.75) is 72.6 Å². The summed E-state index contributed by atoms with van der Waals surface area (Å²) in [6.07, 6.45) is 9.67. The lowest BCUT2D eigenvalue weighted by Crippen LogP contribution is -1.93. The van der Waals surface area contributed by atoms with Gasteiger partial charge in [-0.1, -0.05) is 43.6 Å². The summed E-state index contributed by atoms with van der Waals surface area (Å²) >= 11 is 3.21.